The van der Waals surface area contributed by atoms with E-state index in [2.05, 4.69) is 67.3 Å². The van der Waals surface area contributed by atoms with E-state index in [1.807, 2.05) is 0 Å². The molecule has 1 heterocycles. The number of nitrogens with one attached hydrogen (secondary N) is 1. The number of thioether (sulfide) groups is 1. The standard InChI is InChI=1S/C16H26N2S/c1-13-6-4-5-7-15(13)16(18(2)3)12-17-14-8-10-19-11-9-14/h4-7,14,16-17H,8-12H2,1-3H3. The zero-order valence-electron chi connectivity index (χ0n) is 12.4. The van der Waals surface area contributed by atoms with Crippen molar-refractivity contribution >= 4 is 11.8 Å². The van der Waals surface area contributed by atoms with Crippen LogP contribution in [0, 0.1) is 6.92 Å². The van der Waals surface area contributed by atoms with E-state index in [1.165, 1.54) is 35.5 Å². The quantitative estimate of drug-likeness (QED) is 0.891. The molecule has 106 valence electrons. The molecule has 2 rings (SSSR count). The summed E-state index contributed by atoms with van der Waals surface area (Å²) in [7, 11) is 4.35. The summed E-state index contributed by atoms with van der Waals surface area (Å²) in [6, 6.07) is 9.93. The second kappa shape index (κ2) is 7.32. The van der Waals surface area contributed by atoms with Crippen LogP contribution >= 0.6 is 11.8 Å². The van der Waals surface area contributed by atoms with Gasteiger partial charge in [-0.05, 0) is 56.5 Å². The second-order valence-corrected chi connectivity index (χ2v) is 6.86. The van der Waals surface area contributed by atoms with Crippen molar-refractivity contribution in [2.24, 2.45) is 0 Å². The molecular formula is C16H26N2S. The number of aryl methyl sites for hydroxylation is 1. The van der Waals surface area contributed by atoms with Gasteiger partial charge >= 0.3 is 0 Å². The van der Waals surface area contributed by atoms with Crippen LogP contribution in [0.25, 0.3) is 0 Å². The van der Waals surface area contributed by atoms with Crippen molar-refractivity contribution in [3.63, 3.8) is 0 Å². The van der Waals surface area contributed by atoms with Crippen molar-refractivity contribution in [2.75, 3.05) is 32.1 Å². The molecule has 1 fully saturated rings. The van der Waals surface area contributed by atoms with E-state index in [0.29, 0.717) is 12.1 Å². The van der Waals surface area contributed by atoms with Crippen LogP contribution < -0.4 is 5.32 Å². The van der Waals surface area contributed by atoms with Gasteiger partial charge in [-0.3, -0.25) is 0 Å². The lowest BCUT2D eigenvalue weighted by molar-refractivity contribution is 0.275. The van der Waals surface area contributed by atoms with Crippen LogP contribution in [0.5, 0.6) is 0 Å². The highest BCUT2D eigenvalue weighted by Crippen LogP contribution is 2.22. The van der Waals surface area contributed by atoms with Crippen molar-refractivity contribution in [2.45, 2.75) is 31.8 Å². The summed E-state index contributed by atoms with van der Waals surface area (Å²) in [5.74, 6) is 2.63. The Balaban J connectivity index is 1.98. The summed E-state index contributed by atoms with van der Waals surface area (Å²) in [6.07, 6.45) is 2.64. The smallest absolute Gasteiger partial charge is 0.0469 e. The zero-order valence-corrected chi connectivity index (χ0v) is 13.2. The van der Waals surface area contributed by atoms with Gasteiger partial charge in [0.25, 0.3) is 0 Å². The Morgan fingerprint density at radius 3 is 2.58 bits per heavy atom. The number of hydrogen-bond acceptors (Lipinski definition) is 3. The first kappa shape index (κ1) is 14.9. The summed E-state index contributed by atoms with van der Waals surface area (Å²) in [4.78, 5) is 2.33. The molecule has 19 heavy (non-hydrogen) atoms. The SMILES string of the molecule is Cc1ccccc1C(CNC1CCSCC1)N(C)C. The first-order chi connectivity index (χ1) is 9.18. The lowest BCUT2D eigenvalue weighted by Gasteiger charge is -2.30. The van der Waals surface area contributed by atoms with Crippen molar-refractivity contribution in [3.8, 4) is 0 Å². The molecule has 1 aromatic carbocycles. The first-order valence-corrected chi connectivity index (χ1v) is 8.37. The first-order valence-electron chi connectivity index (χ1n) is 7.21. The Morgan fingerprint density at radius 1 is 1.26 bits per heavy atom. The summed E-state index contributed by atoms with van der Waals surface area (Å²) in [6.45, 7) is 3.26. The van der Waals surface area contributed by atoms with Crippen molar-refractivity contribution in [3.05, 3.63) is 35.4 Å². The van der Waals surface area contributed by atoms with E-state index in [1.54, 1.807) is 0 Å². The number of hydrogen-bond donors (Lipinski definition) is 1. The molecule has 3 heteroatoms. The van der Waals surface area contributed by atoms with E-state index < -0.39 is 0 Å². The highest BCUT2D eigenvalue weighted by atomic mass is 32.2. The van der Waals surface area contributed by atoms with Gasteiger partial charge in [0.15, 0.2) is 0 Å². The molecule has 1 aliphatic heterocycles. The van der Waals surface area contributed by atoms with Crippen LogP contribution in [0.4, 0.5) is 0 Å². The van der Waals surface area contributed by atoms with E-state index in [0.717, 1.165) is 6.54 Å². The normalized spacial score (nSPS) is 18.7. The molecule has 1 aromatic rings. The molecule has 0 aromatic heterocycles. The lowest BCUT2D eigenvalue weighted by atomic mass is 10.00. The van der Waals surface area contributed by atoms with Gasteiger partial charge in [0.2, 0.25) is 0 Å². The zero-order chi connectivity index (χ0) is 13.7. The minimum absolute atomic E-state index is 0.468. The Labute approximate surface area is 122 Å². The summed E-state index contributed by atoms with van der Waals surface area (Å²) < 4.78 is 0. The van der Waals surface area contributed by atoms with Gasteiger partial charge in [-0.25, -0.2) is 0 Å². The molecule has 0 aliphatic carbocycles. The monoisotopic (exact) mass is 278 g/mol. The topological polar surface area (TPSA) is 15.3 Å². The van der Waals surface area contributed by atoms with Crippen molar-refractivity contribution in [1.29, 1.82) is 0 Å². The predicted molar refractivity (Wildman–Crippen MR) is 86.0 cm³/mol. The third-order valence-corrected chi connectivity index (χ3v) is 5.04. The average molecular weight is 278 g/mol. The molecule has 0 amide bonds. The molecule has 1 saturated heterocycles. The Hall–Kier alpha value is -0.510. The van der Waals surface area contributed by atoms with Gasteiger partial charge in [0.1, 0.15) is 0 Å². The predicted octanol–water partition coefficient (Wildman–Crippen LogP) is 3.08. The summed E-state index contributed by atoms with van der Waals surface area (Å²) in [5.41, 5.74) is 2.84. The molecule has 1 unspecified atom stereocenters. The minimum Gasteiger partial charge on any atom is -0.312 e. The van der Waals surface area contributed by atoms with E-state index in [4.69, 9.17) is 0 Å². The maximum atomic E-state index is 3.77. The number of rotatable bonds is 5. The third kappa shape index (κ3) is 4.23. The molecule has 1 atom stereocenters. The summed E-state index contributed by atoms with van der Waals surface area (Å²) >= 11 is 2.09. The van der Waals surface area contributed by atoms with Crippen LogP contribution in [0.15, 0.2) is 24.3 Å². The number of nitrogens with zero attached hydrogens (tertiary/aromatic N) is 1. The van der Waals surface area contributed by atoms with Crippen molar-refractivity contribution in [1.82, 2.24) is 10.2 Å². The van der Waals surface area contributed by atoms with Gasteiger partial charge in [-0.2, -0.15) is 11.8 Å². The molecule has 1 aliphatic rings. The van der Waals surface area contributed by atoms with E-state index in [9.17, 15) is 0 Å². The van der Waals surface area contributed by atoms with Gasteiger partial charge in [0, 0.05) is 18.6 Å². The highest BCUT2D eigenvalue weighted by molar-refractivity contribution is 7.99. The second-order valence-electron chi connectivity index (χ2n) is 5.63. The summed E-state index contributed by atoms with van der Waals surface area (Å²) in [5, 5.41) is 3.77. The lowest BCUT2D eigenvalue weighted by Crippen LogP contribution is -2.39. The fourth-order valence-electron chi connectivity index (χ4n) is 2.71. The molecule has 1 N–H and O–H groups in total. The third-order valence-electron chi connectivity index (χ3n) is 3.99. The molecule has 0 radical (unpaired) electrons. The fraction of sp³-hybridized carbons (Fsp3) is 0.625. The molecule has 0 saturated carbocycles. The van der Waals surface area contributed by atoms with Crippen LogP contribution in [-0.4, -0.2) is 43.1 Å². The van der Waals surface area contributed by atoms with Crippen LogP contribution in [0.2, 0.25) is 0 Å². The van der Waals surface area contributed by atoms with Crippen LogP contribution in [-0.2, 0) is 0 Å². The largest absolute Gasteiger partial charge is 0.312 e. The average Bonchev–Trinajstić information content (AvgIpc) is 2.42. The minimum atomic E-state index is 0.468. The van der Waals surface area contributed by atoms with E-state index in [-0.39, 0.29) is 0 Å². The van der Waals surface area contributed by atoms with Gasteiger partial charge < -0.3 is 10.2 Å². The maximum absolute atomic E-state index is 3.77. The van der Waals surface area contributed by atoms with Gasteiger partial charge in [0.05, 0.1) is 0 Å². The fourth-order valence-corrected chi connectivity index (χ4v) is 3.82. The van der Waals surface area contributed by atoms with Crippen LogP contribution in [0.1, 0.15) is 30.0 Å². The van der Waals surface area contributed by atoms with E-state index >= 15 is 0 Å². The number of likely N-dealkylation sites (N-methyl/N-ethyl adjacent to an activating group) is 1. The maximum Gasteiger partial charge on any atom is 0.0469 e. The molecule has 0 bridgehead atoms. The van der Waals surface area contributed by atoms with Crippen LogP contribution in [0.3, 0.4) is 0 Å². The van der Waals surface area contributed by atoms with Gasteiger partial charge in [-0.15, -0.1) is 0 Å². The molecular weight excluding hydrogens is 252 g/mol. The highest BCUT2D eigenvalue weighted by Gasteiger charge is 2.19. The molecule has 2 nitrogen and oxygen atoms in total. The number of benzene rings is 1. The Morgan fingerprint density at radius 2 is 1.95 bits per heavy atom. The van der Waals surface area contributed by atoms with Gasteiger partial charge in [-0.1, -0.05) is 24.3 Å². The molecule has 0 spiro atoms. The van der Waals surface area contributed by atoms with Crippen molar-refractivity contribution < 1.29 is 0 Å². The Kier molecular flexibility index (Phi) is 5.74. The Bertz CT molecular complexity index is 386.